The summed E-state index contributed by atoms with van der Waals surface area (Å²) in [6, 6.07) is 8.41. The van der Waals surface area contributed by atoms with Gasteiger partial charge in [-0.25, -0.2) is 0 Å². The summed E-state index contributed by atoms with van der Waals surface area (Å²) in [6.45, 7) is 4.50. The van der Waals surface area contributed by atoms with Crippen molar-refractivity contribution in [1.82, 2.24) is 0 Å². The molecule has 3 heteroatoms. The molecule has 0 bridgehead atoms. The van der Waals surface area contributed by atoms with Gasteiger partial charge in [-0.2, -0.15) is 0 Å². The van der Waals surface area contributed by atoms with Gasteiger partial charge in [-0.05, 0) is 18.6 Å². The number of methoxy groups -OCH3 is 2. The zero-order chi connectivity index (χ0) is 12.7. The highest BCUT2D eigenvalue weighted by Gasteiger charge is 2.09. The van der Waals surface area contributed by atoms with Gasteiger partial charge in [0, 0.05) is 29.9 Å². The molecular weight excluding hydrogens is 232 g/mol. The molecule has 1 aromatic carbocycles. The van der Waals surface area contributed by atoms with Crippen molar-refractivity contribution in [2.45, 2.75) is 43.1 Å². The summed E-state index contributed by atoms with van der Waals surface area (Å²) in [5, 5.41) is 0.673. The Bertz CT molecular complexity index is 307. The van der Waals surface area contributed by atoms with Gasteiger partial charge in [0.25, 0.3) is 0 Å². The van der Waals surface area contributed by atoms with Crippen LogP contribution in [0, 0.1) is 0 Å². The lowest BCUT2D eigenvalue weighted by molar-refractivity contribution is -0.106. The van der Waals surface area contributed by atoms with Crippen LogP contribution in [-0.4, -0.2) is 19.5 Å². The summed E-state index contributed by atoms with van der Waals surface area (Å²) in [5.74, 6) is 0. The zero-order valence-electron chi connectivity index (χ0n) is 11.1. The van der Waals surface area contributed by atoms with Gasteiger partial charge in [-0.15, -0.1) is 11.8 Å². The molecular formula is C14H22O2S. The molecule has 0 saturated carbocycles. The topological polar surface area (TPSA) is 18.5 Å². The predicted octanol–water partition coefficient (Wildman–Crippen LogP) is 4.26. The molecule has 0 heterocycles. The van der Waals surface area contributed by atoms with E-state index in [0.29, 0.717) is 5.25 Å². The fourth-order valence-electron chi connectivity index (χ4n) is 1.77. The molecule has 0 N–H and O–H groups in total. The molecule has 1 atom stereocenters. The van der Waals surface area contributed by atoms with Crippen molar-refractivity contribution in [2.24, 2.45) is 0 Å². The van der Waals surface area contributed by atoms with Crippen molar-refractivity contribution in [3.63, 3.8) is 0 Å². The molecule has 1 aromatic rings. The largest absolute Gasteiger partial charge is 0.352 e. The molecule has 1 unspecified atom stereocenters. The summed E-state index contributed by atoms with van der Waals surface area (Å²) >= 11 is 1.92. The lowest BCUT2D eigenvalue weighted by Crippen LogP contribution is -2.03. The lowest BCUT2D eigenvalue weighted by Gasteiger charge is -2.14. The number of hydrogen-bond donors (Lipinski definition) is 0. The van der Waals surface area contributed by atoms with Crippen molar-refractivity contribution < 1.29 is 9.47 Å². The minimum absolute atomic E-state index is 0.262. The van der Waals surface area contributed by atoms with Gasteiger partial charge in [-0.3, -0.25) is 0 Å². The zero-order valence-corrected chi connectivity index (χ0v) is 11.9. The van der Waals surface area contributed by atoms with Crippen molar-refractivity contribution in [3.05, 3.63) is 29.8 Å². The van der Waals surface area contributed by atoms with Gasteiger partial charge in [-0.1, -0.05) is 32.4 Å². The third kappa shape index (κ3) is 4.70. The van der Waals surface area contributed by atoms with Gasteiger partial charge >= 0.3 is 0 Å². The maximum atomic E-state index is 5.22. The minimum atomic E-state index is -0.262. The van der Waals surface area contributed by atoms with Crippen LogP contribution in [0.5, 0.6) is 0 Å². The number of hydrogen-bond acceptors (Lipinski definition) is 3. The SMILES string of the molecule is CCCC(C)Sc1ccc(C(OC)OC)cc1. The fourth-order valence-corrected chi connectivity index (χ4v) is 2.88. The second-order valence-electron chi connectivity index (χ2n) is 4.09. The van der Waals surface area contributed by atoms with Crippen LogP contribution < -0.4 is 0 Å². The van der Waals surface area contributed by atoms with Crippen LogP contribution in [0.3, 0.4) is 0 Å². The highest BCUT2D eigenvalue weighted by Crippen LogP contribution is 2.27. The van der Waals surface area contributed by atoms with E-state index >= 15 is 0 Å². The Kier molecular flexibility index (Phi) is 6.63. The van der Waals surface area contributed by atoms with E-state index in [-0.39, 0.29) is 6.29 Å². The maximum Gasteiger partial charge on any atom is 0.183 e. The first-order valence-corrected chi connectivity index (χ1v) is 6.91. The van der Waals surface area contributed by atoms with E-state index in [1.54, 1.807) is 14.2 Å². The quantitative estimate of drug-likeness (QED) is 0.535. The summed E-state index contributed by atoms with van der Waals surface area (Å²) in [6.07, 6.45) is 2.23. The van der Waals surface area contributed by atoms with Crippen molar-refractivity contribution >= 4 is 11.8 Å². The molecule has 0 radical (unpaired) electrons. The van der Waals surface area contributed by atoms with Crippen molar-refractivity contribution in [2.75, 3.05) is 14.2 Å². The summed E-state index contributed by atoms with van der Waals surface area (Å²) in [5.41, 5.74) is 1.06. The molecule has 0 aliphatic carbocycles. The summed E-state index contributed by atoms with van der Waals surface area (Å²) < 4.78 is 10.4. The first-order valence-electron chi connectivity index (χ1n) is 6.03. The number of benzene rings is 1. The normalized spacial score (nSPS) is 13.0. The fraction of sp³-hybridized carbons (Fsp3) is 0.571. The summed E-state index contributed by atoms with van der Waals surface area (Å²) in [7, 11) is 3.31. The lowest BCUT2D eigenvalue weighted by atomic mass is 10.2. The standard InChI is InChI=1S/C14H22O2S/c1-5-6-11(2)17-13-9-7-12(8-10-13)14(15-3)16-4/h7-11,14H,5-6H2,1-4H3. The van der Waals surface area contributed by atoms with Crippen molar-refractivity contribution in [3.8, 4) is 0 Å². The van der Waals surface area contributed by atoms with Crippen LogP contribution in [0.1, 0.15) is 38.5 Å². The first-order chi connectivity index (χ1) is 8.21. The van der Waals surface area contributed by atoms with Crippen LogP contribution in [0.4, 0.5) is 0 Å². The third-order valence-corrected chi connectivity index (χ3v) is 3.80. The number of thioether (sulfide) groups is 1. The maximum absolute atomic E-state index is 5.22. The van der Waals surface area contributed by atoms with Crippen LogP contribution in [0.25, 0.3) is 0 Å². The Balaban J connectivity index is 2.61. The molecule has 0 saturated heterocycles. The predicted molar refractivity (Wildman–Crippen MR) is 73.4 cm³/mol. The monoisotopic (exact) mass is 254 g/mol. The number of ether oxygens (including phenoxy) is 2. The van der Waals surface area contributed by atoms with E-state index in [9.17, 15) is 0 Å². The van der Waals surface area contributed by atoms with E-state index < -0.39 is 0 Å². The molecule has 0 spiro atoms. The highest BCUT2D eigenvalue weighted by atomic mass is 32.2. The molecule has 0 aliphatic heterocycles. The smallest absolute Gasteiger partial charge is 0.183 e. The molecule has 1 rings (SSSR count). The number of rotatable bonds is 7. The Morgan fingerprint density at radius 1 is 1.12 bits per heavy atom. The Labute approximate surface area is 109 Å². The molecule has 0 fully saturated rings. The summed E-state index contributed by atoms with van der Waals surface area (Å²) in [4.78, 5) is 1.31. The van der Waals surface area contributed by atoms with Gasteiger partial charge in [0.1, 0.15) is 0 Å². The average molecular weight is 254 g/mol. The van der Waals surface area contributed by atoms with E-state index in [1.165, 1.54) is 17.7 Å². The first kappa shape index (κ1) is 14.6. The highest BCUT2D eigenvalue weighted by molar-refractivity contribution is 7.99. The van der Waals surface area contributed by atoms with Gasteiger partial charge < -0.3 is 9.47 Å². The molecule has 0 amide bonds. The minimum Gasteiger partial charge on any atom is -0.352 e. The second-order valence-corrected chi connectivity index (χ2v) is 5.60. The van der Waals surface area contributed by atoms with Crippen molar-refractivity contribution in [1.29, 1.82) is 0 Å². The van der Waals surface area contributed by atoms with Crippen LogP contribution in [0.2, 0.25) is 0 Å². The second kappa shape index (κ2) is 7.75. The van der Waals surface area contributed by atoms with Gasteiger partial charge in [0.05, 0.1) is 0 Å². The van der Waals surface area contributed by atoms with E-state index in [0.717, 1.165) is 5.56 Å². The third-order valence-electron chi connectivity index (χ3n) is 2.61. The van der Waals surface area contributed by atoms with E-state index in [1.807, 2.05) is 11.8 Å². The molecule has 17 heavy (non-hydrogen) atoms. The molecule has 0 aromatic heterocycles. The van der Waals surface area contributed by atoms with E-state index in [4.69, 9.17) is 9.47 Å². The Morgan fingerprint density at radius 3 is 2.18 bits per heavy atom. The van der Waals surface area contributed by atoms with E-state index in [2.05, 4.69) is 38.1 Å². The average Bonchev–Trinajstić information content (AvgIpc) is 2.33. The van der Waals surface area contributed by atoms with Gasteiger partial charge in [0.2, 0.25) is 0 Å². The Morgan fingerprint density at radius 2 is 1.71 bits per heavy atom. The van der Waals surface area contributed by atoms with Gasteiger partial charge in [0.15, 0.2) is 6.29 Å². The molecule has 0 aliphatic rings. The molecule has 2 nitrogen and oxygen atoms in total. The van der Waals surface area contributed by atoms with Crippen LogP contribution in [-0.2, 0) is 9.47 Å². The van der Waals surface area contributed by atoms with Crippen LogP contribution in [0.15, 0.2) is 29.2 Å². The van der Waals surface area contributed by atoms with Crippen LogP contribution >= 0.6 is 11.8 Å². The molecule has 96 valence electrons. The Hall–Kier alpha value is -0.510.